The maximum atomic E-state index is 12.3. The van der Waals surface area contributed by atoms with Gasteiger partial charge in [0, 0.05) is 24.1 Å². The zero-order valence-corrected chi connectivity index (χ0v) is 15.9. The van der Waals surface area contributed by atoms with Gasteiger partial charge < -0.3 is 10.6 Å². The molecule has 0 fully saturated rings. The third-order valence-corrected chi connectivity index (χ3v) is 5.33. The number of nitrogens with one attached hydrogen (secondary N) is 2. The summed E-state index contributed by atoms with van der Waals surface area (Å²) in [6.07, 6.45) is 0. The van der Waals surface area contributed by atoms with E-state index in [2.05, 4.69) is 26.6 Å². The van der Waals surface area contributed by atoms with Crippen LogP contribution in [0.4, 0.5) is 0 Å². The summed E-state index contributed by atoms with van der Waals surface area (Å²) in [5.74, 6) is -0.333. The fraction of sp³-hybridized carbons (Fsp3) is 0.462. The third-order valence-electron chi connectivity index (χ3n) is 2.99. The summed E-state index contributed by atoms with van der Waals surface area (Å²) in [7, 11) is -0.479. The van der Waals surface area contributed by atoms with Gasteiger partial charge in [0.2, 0.25) is 15.9 Å². The molecule has 22 heavy (non-hydrogen) atoms. The Hall–Kier alpha value is -0.670. The van der Waals surface area contributed by atoms with Crippen LogP contribution in [0.5, 0.6) is 0 Å². The molecule has 0 aromatic heterocycles. The van der Waals surface area contributed by atoms with E-state index in [1.807, 2.05) is 6.92 Å². The monoisotopic (exact) mass is 413 g/mol. The first kappa shape index (κ1) is 21.3. The highest BCUT2D eigenvalue weighted by molar-refractivity contribution is 9.10. The molecular formula is C13H21BrClN3O3S. The summed E-state index contributed by atoms with van der Waals surface area (Å²) in [6.45, 7) is 2.15. The van der Waals surface area contributed by atoms with Crippen LogP contribution in [0.2, 0.25) is 0 Å². The van der Waals surface area contributed by atoms with Crippen molar-refractivity contribution < 1.29 is 13.2 Å². The lowest BCUT2D eigenvalue weighted by Gasteiger charge is -2.18. The Labute approximate surface area is 146 Å². The molecule has 1 rings (SSSR count). The van der Waals surface area contributed by atoms with Crippen LogP contribution < -0.4 is 10.6 Å². The number of sulfonamides is 1. The number of nitrogens with zero attached hydrogens (tertiary/aromatic N) is 1. The number of benzene rings is 1. The van der Waals surface area contributed by atoms with Gasteiger partial charge in [-0.15, -0.1) is 12.4 Å². The molecule has 2 N–H and O–H groups in total. The van der Waals surface area contributed by atoms with Gasteiger partial charge in [0.25, 0.3) is 0 Å². The minimum atomic E-state index is -3.66. The van der Waals surface area contributed by atoms with E-state index in [9.17, 15) is 13.2 Å². The largest absolute Gasteiger partial charge is 0.353 e. The molecule has 6 nitrogen and oxygen atoms in total. The molecule has 0 aliphatic rings. The number of hydrogen-bond donors (Lipinski definition) is 2. The van der Waals surface area contributed by atoms with Crippen LogP contribution in [0.25, 0.3) is 0 Å². The molecule has 0 saturated carbocycles. The van der Waals surface area contributed by atoms with Crippen LogP contribution in [0.1, 0.15) is 6.92 Å². The summed E-state index contributed by atoms with van der Waals surface area (Å²) >= 11 is 3.25. The van der Waals surface area contributed by atoms with Crippen molar-refractivity contribution in [1.82, 2.24) is 14.9 Å². The Bertz CT molecular complexity index is 581. The second-order valence-electron chi connectivity index (χ2n) is 4.71. The van der Waals surface area contributed by atoms with E-state index in [-0.39, 0.29) is 35.8 Å². The quantitative estimate of drug-likeness (QED) is 0.703. The summed E-state index contributed by atoms with van der Waals surface area (Å²) in [5.41, 5.74) is 0. The standard InChI is InChI=1S/C13H20BrN3O3S.ClH/c1-10(15-2)8-16-13(18)9-17(3)21(19,20)12-6-4-11(14)5-7-12;/h4-7,10,15H,8-9H2,1-3H3,(H,16,18);1H. The van der Waals surface area contributed by atoms with E-state index in [4.69, 9.17) is 0 Å². The summed E-state index contributed by atoms with van der Waals surface area (Å²) in [5, 5.41) is 5.67. The molecule has 1 aromatic carbocycles. The number of halogens is 2. The van der Waals surface area contributed by atoms with E-state index < -0.39 is 10.0 Å². The number of hydrogen-bond acceptors (Lipinski definition) is 4. The fourth-order valence-corrected chi connectivity index (χ4v) is 2.89. The molecule has 9 heteroatoms. The SMILES string of the molecule is CNC(C)CNC(=O)CN(C)S(=O)(=O)c1ccc(Br)cc1.Cl. The normalized spacial score (nSPS) is 12.6. The van der Waals surface area contributed by atoms with Crippen LogP contribution in [0.15, 0.2) is 33.6 Å². The van der Waals surface area contributed by atoms with Crippen molar-refractivity contribution in [3.05, 3.63) is 28.7 Å². The fourth-order valence-electron chi connectivity index (χ4n) is 1.50. The minimum absolute atomic E-state index is 0. The molecule has 0 spiro atoms. The molecule has 0 saturated heterocycles. The summed E-state index contributed by atoms with van der Waals surface area (Å²) in [4.78, 5) is 11.9. The van der Waals surface area contributed by atoms with Crippen molar-refractivity contribution in [2.75, 3.05) is 27.2 Å². The van der Waals surface area contributed by atoms with E-state index in [1.54, 1.807) is 19.2 Å². The maximum absolute atomic E-state index is 12.3. The van der Waals surface area contributed by atoms with Crippen LogP contribution >= 0.6 is 28.3 Å². The summed E-state index contributed by atoms with van der Waals surface area (Å²) < 4.78 is 26.4. The van der Waals surface area contributed by atoms with E-state index in [0.717, 1.165) is 8.78 Å². The molecule has 0 bridgehead atoms. The number of carbonyl (C=O) groups is 1. The Morgan fingerprint density at radius 1 is 1.32 bits per heavy atom. The van der Waals surface area contributed by atoms with Gasteiger partial charge in [-0.1, -0.05) is 15.9 Å². The molecule has 126 valence electrons. The van der Waals surface area contributed by atoms with Crippen molar-refractivity contribution in [3.63, 3.8) is 0 Å². The first-order chi connectivity index (χ1) is 9.77. The van der Waals surface area contributed by atoms with E-state index >= 15 is 0 Å². The number of carbonyl (C=O) groups excluding carboxylic acids is 1. The van der Waals surface area contributed by atoms with Crippen molar-refractivity contribution in [2.24, 2.45) is 0 Å². The molecule has 1 amide bonds. The lowest BCUT2D eigenvalue weighted by atomic mass is 10.3. The average Bonchev–Trinajstić information content (AvgIpc) is 2.45. The average molecular weight is 415 g/mol. The zero-order chi connectivity index (χ0) is 16.0. The third kappa shape index (κ3) is 6.21. The Balaban J connectivity index is 0.00000441. The lowest BCUT2D eigenvalue weighted by Crippen LogP contribution is -2.42. The highest BCUT2D eigenvalue weighted by atomic mass is 79.9. The van der Waals surface area contributed by atoms with E-state index in [0.29, 0.717) is 6.54 Å². The van der Waals surface area contributed by atoms with Gasteiger partial charge in [-0.2, -0.15) is 4.31 Å². The maximum Gasteiger partial charge on any atom is 0.243 e. The van der Waals surface area contributed by atoms with Gasteiger partial charge in [0.1, 0.15) is 0 Å². The first-order valence-electron chi connectivity index (χ1n) is 6.43. The molecule has 1 aromatic rings. The lowest BCUT2D eigenvalue weighted by molar-refractivity contribution is -0.121. The van der Waals surface area contributed by atoms with Gasteiger partial charge in [-0.05, 0) is 38.2 Å². The second kappa shape index (κ2) is 9.46. The molecular weight excluding hydrogens is 394 g/mol. The van der Waals surface area contributed by atoms with E-state index in [1.165, 1.54) is 19.2 Å². The molecule has 1 atom stereocenters. The summed E-state index contributed by atoms with van der Waals surface area (Å²) in [6, 6.07) is 6.42. The van der Waals surface area contributed by atoms with Crippen molar-refractivity contribution in [3.8, 4) is 0 Å². The highest BCUT2D eigenvalue weighted by Crippen LogP contribution is 2.17. The second-order valence-corrected chi connectivity index (χ2v) is 7.67. The number of amides is 1. The molecule has 0 radical (unpaired) electrons. The highest BCUT2D eigenvalue weighted by Gasteiger charge is 2.22. The first-order valence-corrected chi connectivity index (χ1v) is 8.66. The minimum Gasteiger partial charge on any atom is -0.353 e. The van der Waals surface area contributed by atoms with Crippen LogP contribution in [-0.4, -0.2) is 51.9 Å². The topological polar surface area (TPSA) is 78.5 Å². The van der Waals surface area contributed by atoms with Crippen molar-refractivity contribution >= 4 is 44.3 Å². The Morgan fingerprint density at radius 3 is 2.36 bits per heavy atom. The van der Waals surface area contributed by atoms with Crippen molar-refractivity contribution in [1.29, 1.82) is 0 Å². The van der Waals surface area contributed by atoms with Crippen LogP contribution in [0, 0.1) is 0 Å². The zero-order valence-electron chi connectivity index (χ0n) is 12.7. The van der Waals surface area contributed by atoms with Crippen LogP contribution in [0.3, 0.4) is 0 Å². The van der Waals surface area contributed by atoms with Crippen LogP contribution in [-0.2, 0) is 14.8 Å². The molecule has 1 unspecified atom stereocenters. The predicted molar refractivity (Wildman–Crippen MR) is 92.7 cm³/mol. The van der Waals surface area contributed by atoms with Gasteiger partial charge >= 0.3 is 0 Å². The Kier molecular flexibility index (Phi) is 9.18. The smallest absolute Gasteiger partial charge is 0.243 e. The van der Waals surface area contributed by atoms with Gasteiger partial charge in [0.15, 0.2) is 0 Å². The molecule has 0 aliphatic carbocycles. The van der Waals surface area contributed by atoms with Gasteiger partial charge in [-0.3, -0.25) is 4.79 Å². The Morgan fingerprint density at radius 2 is 1.86 bits per heavy atom. The van der Waals surface area contributed by atoms with Gasteiger partial charge in [-0.25, -0.2) is 8.42 Å². The predicted octanol–water partition coefficient (Wildman–Crippen LogP) is 1.22. The number of likely N-dealkylation sites (N-methyl/N-ethyl adjacent to an activating group) is 2. The molecule has 0 aliphatic heterocycles. The number of rotatable bonds is 7. The van der Waals surface area contributed by atoms with Crippen molar-refractivity contribution in [2.45, 2.75) is 17.9 Å². The molecule has 0 heterocycles. The van der Waals surface area contributed by atoms with Gasteiger partial charge in [0.05, 0.1) is 11.4 Å².